The molecule has 3 atom stereocenters. The number of amides is 1. The van der Waals surface area contributed by atoms with Crippen molar-refractivity contribution in [3.8, 4) is 0 Å². The summed E-state index contributed by atoms with van der Waals surface area (Å²) in [6.07, 6.45) is 2.62. The van der Waals surface area contributed by atoms with Crippen molar-refractivity contribution < 1.29 is 9.53 Å². The second-order valence-electron chi connectivity index (χ2n) is 6.63. The Bertz CT molecular complexity index is 523. The quantitative estimate of drug-likeness (QED) is 0.666. The van der Waals surface area contributed by atoms with E-state index in [0.717, 1.165) is 23.2 Å². The van der Waals surface area contributed by atoms with Gasteiger partial charge >= 0.3 is 6.09 Å². The number of halogens is 1. The van der Waals surface area contributed by atoms with Crippen LogP contribution in [0.25, 0.3) is 0 Å². The number of carbonyl (C=O) groups excluding carboxylic acids is 1. The standard InChI is InChI=1S/C18H26BrNO2S/c1-12(2)7-8-23-13(3)9-17-16(20-18(21)22-17)11-14-5-4-6-15(19)10-14/h4-6,10,12-13,16-17H,7-9,11H2,1-3H3,(H,20,21)/t13-,16-,17+/m0/s1. The molecule has 128 valence electrons. The molecule has 1 N–H and O–H groups in total. The minimum atomic E-state index is -0.283. The van der Waals surface area contributed by atoms with Gasteiger partial charge in [0.25, 0.3) is 0 Å². The van der Waals surface area contributed by atoms with Gasteiger partial charge in [-0.25, -0.2) is 4.79 Å². The number of hydrogen-bond acceptors (Lipinski definition) is 3. The van der Waals surface area contributed by atoms with Crippen LogP contribution in [0.1, 0.15) is 39.2 Å². The van der Waals surface area contributed by atoms with Crippen LogP contribution in [0, 0.1) is 5.92 Å². The predicted octanol–water partition coefficient (Wildman–Crippen LogP) is 5.03. The van der Waals surface area contributed by atoms with Crippen LogP contribution in [-0.4, -0.2) is 29.2 Å². The highest BCUT2D eigenvalue weighted by Crippen LogP contribution is 2.25. The molecule has 1 heterocycles. The Morgan fingerprint density at radius 2 is 2.13 bits per heavy atom. The number of alkyl carbamates (subject to hydrolysis) is 1. The summed E-state index contributed by atoms with van der Waals surface area (Å²) in [7, 11) is 0. The van der Waals surface area contributed by atoms with Crippen LogP contribution in [0.4, 0.5) is 4.79 Å². The zero-order chi connectivity index (χ0) is 16.8. The second kappa shape index (κ2) is 8.97. The molecule has 1 aliphatic heterocycles. The van der Waals surface area contributed by atoms with E-state index in [-0.39, 0.29) is 18.2 Å². The van der Waals surface area contributed by atoms with Gasteiger partial charge in [-0.2, -0.15) is 11.8 Å². The minimum absolute atomic E-state index is 0.0389. The highest BCUT2D eigenvalue weighted by molar-refractivity contribution is 9.10. The molecule has 3 nitrogen and oxygen atoms in total. The molecule has 23 heavy (non-hydrogen) atoms. The van der Waals surface area contributed by atoms with E-state index in [4.69, 9.17) is 4.74 Å². The number of thioether (sulfide) groups is 1. The summed E-state index contributed by atoms with van der Waals surface area (Å²) in [4.78, 5) is 11.7. The van der Waals surface area contributed by atoms with Crippen molar-refractivity contribution in [3.63, 3.8) is 0 Å². The number of cyclic esters (lactones) is 1. The number of hydrogen-bond donors (Lipinski definition) is 1. The summed E-state index contributed by atoms with van der Waals surface area (Å²) in [5, 5.41) is 3.46. The lowest BCUT2D eigenvalue weighted by atomic mass is 9.99. The van der Waals surface area contributed by atoms with Crippen molar-refractivity contribution in [2.75, 3.05) is 5.75 Å². The summed E-state index contributed by atoms with van der Waals surface area (Å²) < 4.78 is 6.56. The van der Waals surface area contributed by atoms with Gasteiger partial charge < -0.3 is 10.1 Å². The summed E-state index contributed by atoms with van der Waals surface area (Å²) >= 11 is 5.47. The molecule has 0 saturated carbocycles. The molecule has 2 rings (SSSR count). The van der Waals surface area contributed by atoms with Gasteiger partial charge in [-0.3, -0.25) is 0 Å². The van der Waals surface area contributed by atoms with Crippen LogP contribution >= 0.6 is 27.7 Å². The number of nitrogens with one attached hydrogen (secondary N) is 1. The van der Waals surface area contributed by atoms with E-state index in [0.29, 0.717) is 5.25 Å². The fraction of sp³-hybridized carbons (Fsp3) is 0.611. The number of benzene rings is 1. The number of carbonyl (C=O) groups is 1. The average molecular weight is 400 g/mol. The van der Waals surface area contributed by atoms with Gasteiger partial charge in [0.2, 0.25) is 0 Å². The Morgan fingerprint density at radius 1 is 1.35 bits per heavy atom. The monoisotopic (exact) mass is 399 g/mol. The first-order valence-corrected chi connectivity index (χ1v) is 10.1. The van der Waals surface area contributed by atoms with Crippen molar-refractivity contribution in [2.45, 2.75) is 57.4 Å². The molecule has 1 amide bonds. The molecule has 1 aromatic rings. The molecule has 0 radical (unpaired) electrons. The smallest absolute Gasteiger partial charge is 0.407 e. The predicted molar refractivity (Wildman–Crippen MR) is 101 cm³/mol. The largest absolute Gasteiger partial charge is 0.444 e. The highest BCUT2D eigenvalue weighted by atomic mass is 79.9. The maximum atomic E-state index is 11.7. The Labute approximate surface area is 152 Å². The van der Waals surface area contributed by atoms with Crippen molar-refractivity contribution in [2.24, 2.45) is 5.92 Å². The van der Waals surface area contributed by atoms with Crippen molar-refractivity contribution in [1.29, 1.82) is 0 Å². The van der Waals surface area contributed by atoms with Crippen LogP contribution in [0.5, 0.6) is 0 Å². The van der Waals surface area contributed by atoms with Crippen LogP contribution < -0.4 is 5.32 Å². The lowest BCUT2D eigenvalue weighted by Crippen LogP contribution is -2.35. The summed E-state index contributed by atoms with van der Waals surface area (Å²) in [5.41, 5.74) is 1.21. The zero-order valence-electron chi connectivity index (χ0n) is 14.0. The molecule has 1 saturated heterocycles. The molecule has 0 unspecified atom stereocenters. The third-order valence-corrected chi connectivity index (χ3v) is 5.74. The number of ether oxygens (including phenoxy) is 1. The fourth-order valence-electron chi connectivity index (χ4n) is 2.71. The van der Waals surface area contributed by atoms with E-state index in [1.54, 1.807) is 0 Å². The van der Waals surface area contributed by atoms with E-state index in [1.165, 1.54) is 17.7 Å². The van der Waals surface area contributed by atoms with Gasteiger partial charge in [0.15, 0.2) is 0 Å². The Balaban J connectivity index is 1.87. The van der Waals surface area contributed by atoms with E-state index >= 15 is 0 Å². The van der Waals surface area contributed by atoms with Crippen molar-refractivity contribution in [1.82, 2.24) is 5.32 Å². The third-order valence-electron chi connectivity index (χ3n) is 4.02. The zero-order valence-corrected chi connectivity index (χ0v) is 16.5. The topological polar surface area (TPSA) is 38.3 Å². The van der Waals surface area contributed by atoms with Gasteiger partial charge in [0.05, 0.1) is 6.04 Å². The van der Waals surface area contributed by atoms with Crippen LogP contribution in [-0.2, 0) is 11.2 Å². The Hall–Kier alpha value is -0.680. The average Bonchev–Trinajstić information content (AvgIpc) is 2.78. The second-order valence-corrected chi connectivity index (χ2v) is 9.09. The summed E-state index contributed by atoms with van der Waals surface area (Å²) in [6, 6.07) is 8.29. The molecule has 0 spiro atoms. The normalized spacial score (nSPS) is 22.0. The minimum Gasteiger partial charge on any atom is -0.444 e. The Morgan fingerprint density at radius 3 is 2.83 bits per heavy atom. The van der Waals surface area contributed by atoms with Gasteiger partial charge in [-0.1, -0.05) is 48.8 Å². The van der Waals surface area contributed by atoms with E-state index in [9.17, 15) is 4.79 Å². The Kier molecular flexibility index (Phi) is 7.28. The van der Waals surface area contributed by atoms with Crippen LogP contribution in [0.2, 0.25) is 0 Å². The van der Waals surface area contributed by atoms with Gasteiger partial charge in [0.1, 0.15) is 6.10 Å². The van der Waals surface area contributed by atoms with Gasteiger partial charge in [-0.15, -0.1) is 0 Å². The molecule has 1 aliphatic rings. The molecule has 5 heteroatoms. The first kappa shape index (κ1) is 18.7. The maximum Gasteiger partial charge on any atom is 0.407 e. The summed E-state index contributed by atoms with van der Waals surface area (Å²) in [6.45, 7) is 6.73. The third kappa shape index (κ3) is 6.38. The van der Waals surface area contributed by atoms with Crippen LogP contribution in [0.15, 0.2) is 28.7 Å². The maximum absolute atomic E-state index is 11.7. The molecule has 1 aromatic carbocycles. The fourth-order valence-corrected chi connectivity index (χ4v) is 4.49. The lowest BCUT2D eigenvalue weighted by molar-refractivity contribution is 0.126. The van der Waals surface area contributed by atoms with E-state index < -0.39 is 0 Å². The van der Waals surface area contributed by atoms with E-state index in [2.05, 4.69) is 54.2 Å². The first-order chi connectivity index (χ1) is 10.9. The number of rotatable bonds is 8. The van der Waals surface area contributed by atoms with E-state index in [1.807, 2.05) is 23.9 Å². The molecular weight excluding hydrogens is 374 g/mol. The summed E-state index contributed by atoms with van der Waals surface area (Å²) in [5.74, 6) is 1.91. The molecular formula is C18H26BrNO2S. The molecule has 1 fully saturated rings. The van der Waals surface area contributed by atoms with Crippen molar-refractivity contribution >= 4 is 33.8 Å². The lowest BCUT2D eigenvalue weighted by Gasteiger charge is -2.20. The van der Waals surface area contributed by atoms with Gasteiger partial charge in [-0.05, 0) is 48.6 Å². The molecule has 0 aromatic heterocycles. The SMILES string of the molecule is CC(C)CCS[C@@H](C)C[C@H]1OC(=O)N[C@H]1Cc1cccc(Br)c1. The first-order valence-electron chi connectivity index (χ1n) is 8.27. The molecule has 0 bridgehead atoms. The molecule has 0 aliphatic carbocycles. The van der Waals surface area contributed by atoms with Gasteiger partial charge in [0, 0.05) is 9.72 Å². The van der Waals surface area contributed by atoms with Crippen molar-refractivity contribution in [3.05, 3.63) is 34.3 Å². The highest BCUT2D eigenvalue weighted by Gasteiger charge is 2.34. The van der Waals surface area contributed by atoms with Crippen LogP contribution in [0.3, 0.4) is 0 Å².